The van der Waals surface area contributed by atoms with Gasteiger partial charge >= 0.3 is 0 Å². The predicted octanol–water partition coefficient (Wildman–Crippen LogP) is 2.41. The van der Waals surface area contributed by atoms with E-state index in [9.17, 15) is 0 Å². The second kappa shape index (κ2) is 2.64. The van der Waals surface area contributed by atoms with Gasteiger partial charge in [-0.2, -0.15) is 0 Å². The van der Waals surface area contributed by atoms with Gasteiger partial charge in [0, 0.05) is 5.56 Å². The van der Waals surface area contributed by atoms with Gasteiger partial charge in [-0.25, -0.2) is 0 Å². The molecule has 0 amide bonds. The van der Waals surface area contributed by atoms with E-state index in [0.717, 1.165) is 17.8 Å². The first-order valence-electron chi connectivity index (χ1n) is 4.88. The summed E-state index contributed by atoms with van der Waals surface area (Å²) in [5.74, 6) is 0. The molecule has 1 atom stereocenters. The third-order valence-corrected chi connectivity index (χ3v) is 2.89. The lowest BCUT2D eigenvalue weighted by Gasteiger charge is -2.13. The zero-order chi connectivity index (χ0) is 9.54. The Morgan fingerprint density at radius 2 is 2.29 bits per heavy atom. The molecule has 1 aliphatic heterocycles. The van der Waals surface area contributed by atoms with Crippen molar-refractivity contribution in [3.63, 3.8) is 0 Å². The SMILES string of the molecule is Nc1cccc2c1NC1CC=CC=C21. The Morgan fingerprint density at radius 1 is 1.36 bits per heavy atom. The summed E-state index contributed by atoms with van der Waals surface area (Å²) in [6.45, 7) is 0. The van der Waals surface area contributed by atoms with Gasteiger partial charge in [0.25, 0.3) is 0 Å². The maximum Gasteiger partial charge on any atom is 0.0655 e. The molecule has 3 rings (SSSR count). The smallest absolute Gasteiger partial charge is 0.0655 e. The molecule has 0 radical (unpaired) electrons. The van der Waals surface area contributed by atoms with Crippen molar-refractivity contribution >= 4 is 16.9 Å². The van der Waals surface area contributed by atoms with Gasteiger partial charge < -0.3 is 11.1 Å². The fraction of sp³-hybridized carbons (Fsp3) is 0.167. The molecule has 1 unspecified atom stereocenters. The molecule has 0 fully saturated rings. The summed E-state index contributed by atoms with van der Waals surface area (Å²) in [5.41, 5.74) is 10.5. The van der Waals surface area contributed by atoms with Crippen LogP contribution >= 0.6 is 0 Å². The number of nitrogens with two attached hydrogens (primary N) is 1. The molecule has 14 heavy (non-hydrogen) atoms. The maximum absolute atomic E-state index is 5.92. The number of nitrogen functional groups attached to an aromatic ring is 1. The minimum absolute atomic E-state index is 0.430. The highest BCUT2D eigenvalue weighted by molar-refractivity contribution is 5.93. The van der Waals surface area contributed by atoms with Crippen molar-refractivity contribution in [2.45, 2.75) is 12.5 Å². The van der Waals surface area contributed by atoms with Crippen molar-refractivity contribution in [1.82, 2.24) is 0 Å². The van der Waals surface area contributed by atoms with Crippen LogP contribution in [-0.2, 0) is 0 Å². The van der Waals surface area contributed by atoms with Gasteiger partial charge in [0.05, 0.1) is 17.4 Å². The van der Waals surface area contributed by atoms with Gasteiger partial charge in [0.2, 0.25) is 0 Å². The zero-order valence-electron chi connectivity index (χ0n) is 7.83. The molecular weight excluding hydrogens is 172 g/mol. The number of nitrogens with one attached hydrogen (secondary N) is 1. The Morgan fingerprint density at radius 3 is 3.21 bits per heavy atom. The molecule has 0 aromatic heterocycles. The van der Waals surface area contributed by atoms with Crippen molar-refractivity contribution in [1.29, 1.82) is 0 Å². The molecule has 1 aromatic carbocycles. The van der Waals surface area contributed by atoms with Gasteiger partial charge in [-0.3, -0.25) is 0 Å². The van der Waals surface area contributed by atoms with Gasteiger partial charge in [-0.1, -0.05) is 30.4 Å². The second-order valence-electron chi connectivity index (χ2n) is 3.75. The number of fused-ring (bicyclic) bond motifs is 3. The Balaban J connectivity index is 2.20. The number of benzene rings is 1. The van der Waals surface area contributed by atoms with E-state index in [1.165, 1.54) is 11.1 Å². The minimum atomic E-state index is 0.430. The highest BCUT2D eigenvalue weighted by Gasteiger charge is 2.27. The number of hydrogen-bond acceptors (Lipinski definition) is 2. The normalized spacial score (nSPS) is 22.3. The summed E-state index contributed by atoms with van der Waals surface area (Å²) >= 11 is 0. The molecule has 0 spiro atoms. The van der Waals surface area contributed by atoms with E-state index < -0.39 is 0 Å². The molecule has 1 heterocycles. The lowest BCUT2D eigenvalue weighted by Crippen LogP contribution is -2.14. The Hall–Kier alpha value is -1.70. The van der Waals surface area contributed by atoms with Gasteiger partial charge in [-0.15, -0.1) is 0 Å². The molecule has 2 heteroatoms. The molecule has 2 aliphatic rings. The molecule has 1 aliphatic carbocycles. The molecule has 0 saturated carbocycles. The average Bonchev–Trinajstić information content (AvgIpc) is 2.59. The number of rotatable bonds is 0. The van der Waals surface area contributed by atoms with E-state index in [4.69, 9.17) is 5.73 Å². The van der Waals surface area contributed by atoms with E-state index in [2.05, 4.69) is 29.6 Å². The van der Waals surface area contributed by atoms with Crippen molar-refractivity contribution < 1.29 is 0 Å². The predicted molar refractivity (Wildman–Crippen MR) is 60.0 cm³/mol. The first kappa shape index (κ1) is 7.68. The highest BCUT2D eigenvalue weighted by Crippen LogP contribution is 2.41. The van der Waals surface area contributed by atoms with Gasteiger partial charge in [0.15, 0.2) is 0 Å². The Bertz CT molecular complexity index is 444. The number of hydrogen-bond donors (Lipinski definition) is 2. The third kappa shape index (κ3) is 0.909. The van der Waals surface area contributed by atoms with Crippen molar-refractivity contribution in [3.05, 3.63) is 42.0 Å². The van der Waals surface area contributed by atoms with Crippen molar-refractivity contribution in [3.8, 4) is 0 Å². The molecular formula is C12H12N2. The monoisotopic (exact) mass is 184 g/mol. The Kier molecular flexibility index (Phi) is 1.45. The first-order chi connectivity index (χ1) is 6.86. The van der Waals surface area contributed by atoms with Crippen LogP contribution in [0, 0.1) is 0 Å². The van der Waals surface area contributed by atoms with Crippen LogP contribution in [0.1, 0.15) is 12.0 Å². The first-order valence-corrected chi connectivity index (χ1v) is 4.88. The van der Waals surface area contributed by atoms with Crippen LogP contribution in [0.15, 0.2) is 36.4 Å². The molecule has 0 bridgehead atoms. The van der Waals surface area contributed by atoms with Crippen molar-refractivity contribution in [2.75, 3.05) is 11.1 Å². The summed E-state index contributed by atoms with van der Waals surface area (Å²) in [6.07, 6.45) is 7.53. The van der Waals surface area contributed by atoms with Gasteiger partial charge in [-0.05, 0) is 18.1 Å². The van der Waals surface area contributed by atoms with Crippen LogP contribution in [0.4, 0.5) is 11.4 Å². The zero-order valence-corrected chi connectivity index (χ0v) is 7.83. The van der Waals surface area contributed by atoms with Crippen LogP contribution in [0.25, 0.3) is 5.57 Å². The summed E-state index contributed by atoms with van der Waals surface area (Å²) in [7, 11) is 0. The fourth-order valence-corrected chi connectivity index (χ4v) is 2.19. The largest absolute Gasteiger partial charge is 0.397 e. The minimum Gasteiger partial charge on any atom is -0.397 e. The lowest BCUT2D eigenvalue weighted by molar-refractivity contribution is 0.929. The maximum atomic E-state index is 5.92. The van der Waals surface area contributed by atoms with Crippen LogP contribution in [0.3, 0.4) is 0 Å². The second-order valence-corrected chi connectivity index (χ2v) is 3.75. The summed E-state index contributed by atoms with van der Waals surface area (Å²) in [5, 5.41) is 3.46. The van der Waals surface area contributed by atoms with Crippen LogP contribution in [0.2, 0.25) is 0 Å². The van der Waals surface area contributed by atoms with Crippen LogP contribution < -0.4 is 11.1 Å². The van der Waals surface area contributed by atoms with Gasteiger partial charge in [0.1, 0.15) is 0 Å². The van der Waals surface area contributed by atoms with E-state index in [0.29, 0.717) is 6.04 Å². The lowest BCUT2D eigenvalue weighted by atomic mass is 9.96. The average molecular weight is 184 g/mol. The molecule has 1 aromatic rings. The van der Waals surface area contributed by atoms with E-state index in [1.807, 2.05) is 12.1 Å². The fourth-order valence-electron chi connectivity index (χ4n) is 2.19. The highest BCUT2D eigenvalue weighted by atomic mass is 15.0. The van der Waals surface area contributed by atoms with Crippen LogP contribution in [0.5, 0.6) is 0 Å². The molecule has 3 N–H and O–H groups in total. The van der Waals surface area contributed by atoms with Crippen molar-refractivity contribution in [2.24, 2.45) is 0 Å². The van der Waals surface area contributed by atoms with E-state index in [1.54, 1.807) is 0 Å². The Labute approximate surface area is 83.1 Å². The molecule has 2 nitrogen and oxygen atoms in total. The topological polar surface area (TPSA) is 38.0 Å². The number of allylic oxidation sites excluding steroid dienone is 2. The molecule has 0 saturated heterocycles. The number of anilines is 2. The summed E-state index contributed by atoms with van der Waals surface area (Å²) < 4.78 is 0. The third-order valence-electron chi connectivity index (χ3n) is 2.89. The summed E-state index contributed by atoms with van der Waals surface area (Å²) in [6, 6.07) is 6.51. The standard InChI is InChI=1S/C12H12N2/c13-10-6-3-5-9-8-4-1-2-7-11(8)14-12(9)10/h1-6,11,14H,7,13H2. The quantitative estimate of drug-likeness (QED) is 0.608. The van der Waals surface area contributed by atoms with E-state index in [-0.39, 0.29) is 0 Å². The van der Waals surface area contributed by atoms with Crippen LogP contribution in [-0.4, -0.2) is 6.04 Å². The number of para-hydroxylation sites is 1. The summed E-state index contributed by atoms with van der Waals surface area (Å²) in [4.78, 5) is 0. The van der Waals surface area contributed by atoms with E-state index >= 15 is 0 Å². The molecule has 70 valence electrons.